The lowest BCUT2D eigenvalue weighted by molar-refractivity contribution is -0.526. The second kappa shape index (κ2) is 15.0. The number of β-amino-alcohol motifs (C(OH)–C–C–N with tert-alkyl or cyclic N) is 1. The van der Waals surface area contributed by atoms with Gasteiger partial charge in [0.25, 0.3) is 0 Å². The van der Waals surface area contributed by atoms with Gasteiger partial charge in [0.2, 0.25) is 11.9 Å². The summed E-state index contributed by atoms with van der Waals surface area (Å²) in [7, 11) is 6.69. The Kier molecular flexibility index (Phi) is 10.3. The molecule has 284 valence electrons. The van der Waals surface area contributed by atoms with Crippen LogP contribution in [0.1, 0.15) is 49.3 Å². The van der Waals surface area contributed by atoms with Crippen molar-refractivity contribution in [1.29, 1.82) is 0 Å². The van der Waals surface area contributed by atoms with Crippen LogP contribution in [0.5, 0.6) is 17.4 Å². The van der Waals surface area contributed by atoms with E-state index in [-0.39, 0.29) is 16.8 Å². The van der Waals surface area contributed by atoms with Crippen LogP contribution in [0, 0.1) is 22.9 Å². The zero-order valence-corrected chi connectivity index (χ0v) is 31.6. The number of nitro groups is 1. The number of hydrogen-bond acceptors (Lipinski definition) is 10. The van der Waals surface area contributed by atoms with Gasteiger partial charge in [-0.3, -0.25) is 19.9 Å². The summed E-state index contributed by atoms with van der Waals surface area (Å²) >= 11 is 0. The number of nitrogens with zero attached hydrogens (tertiary/aromatic N) is 6. The molecule has 3 aromatic carbocycles. The zero-order valence-electron chi connectivity index (χ0n) is 31.6. The van der Waals surface area contributed by atoms with E-state index in [1.165, 1.54) is 0 Å². The molecule has 54 heavy (non-hydrogen) atoms. The largest absolute Gasteiger partial charge is 0.496 e. The number of halogens is 1. The van der Waals surface area contributed by atoms with Gasteiger partial charge in [-0.2, -0.15) is 10.1 Å². The van der Waals surface area contributed by atoms with Gasteiger partial charge in [-0.15, -0.1) is 0 Å². The van der Waals surface area contributed by atoms with E-state index in [1.807, 2.05) is 63.5 Å². The third kappa shape index (κ3) is 7.10. The summed E-state index contributed by atoms with van der Waals surface area (Å²) in [6, 6.07) is 17.0. The number of hydrogen-bond donors (Lipinski definition) is 1. The van der Waals surface area contributed by atoms with Gasteiger partial charge in [0, 0.05) is 67.0 Å². The first kappa shape index (κ1) is 37.2. The highest BCUT2D eigenvalue weighted by atomic mass is 19.1. The number of ether oxygens (including phenoxy) is 3. The molecule has 1 saturated heterocycles. The van der Waals surface area contributed by atoms with Gasteiger partial charge in [-0.25, -0.2) is 9.07 Å². The lowest BCUT2D eigenvalue weighted by atomic mass is 9.90. The standard InChI is InChI=1S/C41H47FN6O6/c1-25-29(26-17-35(42)33(37(18-26)52-4)21-45(3)27-13-15-28(16-14-27)48(50)51)9-7-10-30(25)31-11-8-12-36-32(31)20-43-47(36)39-19-38(53-5)34(40(44-39)54-6)22-46-23-41(2,49)24-46/h7-12,17-20,27-28,49H,13-16,21-24H2,1-6H3. The molecule has 2 fully saturated rings. The van der Waals surface area contributed by atoms with E-state index in [9.17, 15) is 15.2 Å². The molecule has 0 amide bonds. The van der Waals surface area contributed by atoms with Crippen molar-refractivity contribution in [2.45, 2.75) is 70.3 Å². The van der Waals surface area contributed by atoms with Crippen molar-refractivity contribution in [3.8, 4) is 45.5 Å². The van der Waals surface area contributed by atoms with Crippen LogP contribution in [-0.2, 0) is 13.1 Å². The van der Waals surface area contributed by atoms with Crippen molar-refractivity contribution in [3.63, 3.8) is 0 Å². The fourth-order valence-corrected chi connectivity index (χ4v) is 8.27. The first-order valence-corrected chi connectivity index (χ1v) is 18.3. The molecule has 0 radical (unpaired) electrons. The Labute approximate surface area is 314 Å². The molecule has 1 saturated carbocycles. The van der Waals surface area contributed by atoms with Crippen LogP contribution >= 0.6 is 0 Å². The Morgan fingerprint density at radius 1 is 0.963 bits per heavy atom. The summed E-state index contributed by atoms with van der Waals surface area (Å²) in [6.07, 6.45) is 4.30. The third-order valence-corrected chi connectivity index (χ3v) is 11.1. The van der Waals surface area contributed by atoms with Gasteiger partial charge < -0.3 is 19.3 Å². The summed E-state index contributed by atoms with van der Waals surface area (Å²) in [5, 5.41) is 27.2. The molecule has 2 aromatic heterocycles. The van der Waals surface area contributed by atoms with Crippen LogP contribution < -0.4 is 14.2 Å². The molecule has 2 aliphatic rings. The van der Waals surface area contributed by atoms with Crippen molar-refractivity contribution in [2.24, 2.45) is 0 Å². The Hall–Kier alpha value is -5.11. The van der Waals surface area contributed by atoms with Crippen molar-refractivity contribution >= 4 is 10.9 Å². The quantitative estimate of drug-likeness (QED) is 0.108. The van der Waals surface area contributed by atoms with Gasteiger partial charge in [0.1, 0.15) is 17.3 Å². The smallest absolute Gasteiger partial charge is 0.223 e. The maximum absolute atomic E-state index is 16.0. The van der Waals surface area contributed by atoms with Crippen molar-refractivity contribution in [2.75, 3.05) is 41.5 Å². The number of rotatable bonds is 12. The summed E-state index contributed by atoms with van der Waals surface area (Å²) in [5.41, 5.74) is 5.91. The minimum atomic E-state index is -0.701. The monoisotopic (exact) mass is 738 g/mol. The topological polar surface area (TPSA) is 128 Å². The lowest BCUT2D eigenvalue weighted by Crippen LogP contribution is -2.59. The summed E-state index contributed by atoms with van der Waals surface area (Å²) in [5.74, 6) is 1.69. The number of likely N-dealkylation sites (tertiary alicyclic amines) is 1. The highest BCUT2D eigenvalue weighted by Crippen LogP contribution is 2.40. The van der Waals surface area contributed by atoms with Crippen LogP contribution in [-0.4, -0.2) is 93.7 Å². The fourth-order valence-electron chi connectivity index (χ4n) is 8.27. The molecule has 1 aliphatic heterocycles. The van der Waals surface area contributed by atoms with Gasteiger partial charge in [0.15, 0.2) is 5.82 Å². The normalized spacial score (nSPS) is 18.5. The number of aliphatic hydroxyl groups is 1. The minimum Gasteiger partial charge on any atom is -0.496 e. The molecule has 0 unspecified atom stereocenters. The van der Waals surface area contributed by atoms with Crippen LogP contribution in [0.2, 0.25) is 0 Å². The molecule has 5 aromatic rings. The minimum absolute atomic E-state index is 0.144. The van der Waals surface area contributed by atoms with Crippen LogP contribution in [0.25, 0.3) is 39.0 Å². The molecule has 7 rings (SSSR count). The van der Waals surface area contributed by atoms with Crippen molar-refractivity contribution in [3.05, 3.63) is 93.4 Å². The maximum atomic E-state index is 16.0. The molecular formula is C41H47FN6O6. The predicted molar refractivity (Wildman–Crippen MR) is 204 cm³/mol. The highest BCUT2D eigenvalue weighted by Gasteiger charge is 2.37. The maximum Gasteiger partial charge on any atom is 0.223 e. The number of methoxy groups -OCH3 is 3. The van der Waals surface area contributed by atoms with E-state index in [4.69, 9.17) is 24.3 Å². The van der Waals surface area contributed by atoms with Gasteiger partial charge in [-0.05, 0) is 79.8 Å². The molecule has 12 nitrogen and oxygen atoms in total. The third-order valence-electron chi connectivity index (χ3n) is 11.1. The van der Waals surface area contributed by atoms with E-state index < -0.39 is 11.6 Å². The Balaban J connectivity index is 1.18. The molecule has 0 atom stereocenters. The predicted octanol–water partition coefficient (Wildman–Crippen LogP) is 6.81. The first-order chi connectivity index (χ1) is 25.9. The second-order valence-corrected chi connectivity index (χ2v) is 14.9. The highest BCUT2D eigenvalue weighted by molar-refractivity contribution is 5.97. The van der Waals surface area contributed by atoms with Crippen molar-refractivity contribution in [1.82, 2.24) is 24.6 Å². The van der Waals surface area contributed by atoms with E-state index in [0.29, 0.717) is 86.2 Å². The van der Waals surface area contributed by atoms with Crippen LogP contribution in [0.3, 0.4) is 0 Å². The van der Waals surface area contributed by atoms with E-state index in [1.54, 1.807) is 32.1 Å². The number of pyridine rings is 1. The Bertz CT molecular complexity index is 2160. The number of aromatic nitrogens is 3. The average Bonchev–Trinajstić information content (AvgIpc) is 3.59. The first-order valence-electron chi connectivity index (χ1n) is 18.3. The molecule has 13 heteroatoms. The van der Waals surface area contributed by atoms with E-state index in [0.717, 1.165) is 38.7 Å². The van der Waals surface area contributed by atoms with Crippen LogP contribution in [0.15, 0.2) is 60.8 Å². The summed E-state index contributed by atoms with van der Waals surface area (Å²) in [4.78, 5) is 20.1. The fraction of sp³-hybridized carbons (Fsp3) is 0.415. The average molecular weight is 739 g/mol. The SMILES string of the molecule is COc1cc(-c2cccc(-c3cccc4c3cnn4-c3cc(OC)c(CN4CC(C)(O)C4)c(OC)n3)c2C)cc(F)c1CN(C)C1CCC([N+](=O)[O-])CC1. The molecular weight excluding hydrogens is 691 g/mol. The Morgan fingerprint density at radius 2 is 1.63 bits per heavy atom. The Morgan fingerprint density at radius 3 is 2.30 bits per heavy atom. The number of fused-ring (bicyclic) bond motifs is 1. The van der Waals surface area contributed by atoms with E-state index in [2.05, 4.69) is 21.9 Å². The molecule has 1 aliphatic carbocycles. The van der Waals surface area contributed by atoms with Gasteiger partial charge in [-0.1, -0.05) is 30.3 Å². The molecule has 3 heterocycles. The van der Waals surface area contributed by atoms with Crippen LogP contribution in [0.4, 0.5) is 4.39 Å². The molecule has 0 spiro atoms. The number of benzene rings is 3. The zero-order chi connectivity index (χ0) is 38.3. The molecule has 0 bridgehead atoms. The molecule has 1 N–H and O–H groups in total. The van der Waals surface area contributed by atoms with Crippen molar-refractivity contribution < 1.29 is 28.6 Å². The second-order valence-electron chi connectivity index (χ2n) is 14.9. The lowest BCUT2D eigenvalue weighted by Gasteiger charge is -2.44. The summed E-state index contributed by atoms with van der Waals surface area (Å²) < 4.78 is 35.1. The van der Waals surface area contributed by atoms with Gasteiger partial charge >= 0.3 is 0 Å². The summed E-state index contributed by atoms with van der Waals surface area (Å²) in [6.45, 7) is 5.83. The van der Waals surface area contributed by atoms with Gasteiger partial charge in [0.05, 0.1) is 44.2 Å². The van der Waals surface area contributed by atoms with E-state index >= 15 is 4.39 Å².